The van der Waals surface area contributed by atoms with Gasteiger partial charge in [-0.2, -0.15) is 5.26 Å². The number of hydrogen-bond donors (Lipinski definition) is 0. The molecular weight excluding hydrogens is 226 g/mol. The zero-order valence-corrected chi connectivity index (χ0v) is 11.1. The number of ketones is 1. The minimum Gasteiger partial charge on any atom is -0.497 e. The summed E-state index contributed by atoms with van der Waals surface area (Å²) < 4.78 is 5.12. The van der Waals surface area contributed by atoms with Crippen LogP contribution in [0.15, 0.2) is 24.3 Å². The Morgan fingerprint density at radius 2 is 2.22 bits per heavy atom. The summed E-state index contributed by atoms with van der Waals surface area (Å²) in [5, 5.41) is 9.22. The minimum absolute atomic E-state index is 0.00685. The molecule has 0 bridgehead atoms. The van der Waals surface area contributed by atoms with E-state index in [1.54, 1.807) is 31.4 Å². The molecule has 0 radical (unpaired) electrons. The second-order valence-electron chi connectivity index (χ2n) is 4.43. The molecule has 0 aliphatic heterocycles. The van der Waals surface area contributed by atoms with Crippen molar-refractivity contribution in [2.24, 2.45) is 5.92 Å². The molecule has 0 fully saturated rings. The SMILES string of the molecule is CCCC(C)C(=O)C(C#N)c1cccc(OC)c1. The van der Waals surface area contributed by atoms with E-state index in [-0.39, 0.29) is 11.7 Å². The van der Waals surface area contributed by atoms with E-state index in [1.807, 2.05) is 13.8 Å². The normalized spacial score (nSPS) is 13.4. The summed E-state index contributed by atoms with van der Waals surface area (Å²) in [5.74, 6) is -0.108. The zero-order chi connectivity index (χ0) is 13.5. The fourth-order valence-corrected chi connectivity index (χ4v) is 1.98. The van der Waals surface area contributed by atoms with Crippen LogP contribution >= 0.6 is 0 Å². The average Bonchev–Trinajstić information content (AvgIpc) is 2.40. The highest BCUT2D eigenvalue weighted by Gasteiger charge is 2.24. The highest BCUT2D eigenvalue weighted by molar-refractivity contribution is 5.90. The molecular formula is C15H19NO2. The molecule has 2 unspecified atom stereocenters. The topological polar surface area (TPSA) is 50.1 Å². The number of methoxy groups -OCH3 is 1. The Kier molecular flexibility index (Phi) is 5.38. The zero-order valence-electron chi connectivity index (χ0n) is 11.1. The maximum absolute atomic E-state index is 12.2. The fraction of sp³-hybridized carbons (Fsp3) is 0.467. The lowest BCUT2D eigenvalue weighted by molar-refractivity contribution is -0.122. The van der Waals surface area contributed by atoms with Crippen molar-refractivity contribution in [3.8, 4) is 11.8 Å². The van der Waals surface area contributed by atoms with Crippen LogP contribution in [0.2, 0.25) is 0 Å². The van der Waals surface area contributed by atoms with Crippen LogP contribution in [0.4, 0.5) is 0 Å². The van der Waals surface area contributed by atoms with Gasteiger partial charge in [-0.15, -0.1) is 0 Å². The monoisotopic (exact) mass is 245 g/mol. The van der Waals surface area contributed by atoms with Crippen LogP contribution in [-0.4, -0.2) is 12.9 Å². The Morgan fingerprint density at radius 1 is 1.50 bits per heavy atom. The van der Waals surface area contributed by atoms with Crippen molar-refractivity contribution in [3.63, 3.8) is 0 Å². The molecule has 0 heterocycles. The lowest BCUT2D eigenvalue weighted by atomic mass is 9.87. The predicted octanol–water partition coefficient (Wildman–Crippen LogP) is 3.31. The summed E-state index contributed by atoms with van der Waals surface area (Å²) in [6, 6.07) is 9.26. The van der Waals surface area contributed by atoms with Gasteiger partial charge in [0.25, 0.3) is 0 Å². The van der Waals surface area contributed by atoms with Crippen LogP contribution in [0.25, 0.3) is 0 Å². The van der Waals surface area contributed by atoms with E-state index < -0.39 is 5.92 Å². The maximum Gasteiger partial charge on any atom is 0.157 e. The third kappa shape index (κ3) is 3.33. The molecule has 96 valence electrons. The van der Waals surface area contributed by atoms with Crippen LogP contribution < -0.4 is 4.74 Å². The molecule has 1 aromatic carbocycles. The summed E-state index contributed by atoms with van der Waals surface area (Å²) in [7, 11) is 1.57. The first kappa shape index (κ1) is 14.2. The Balaban J connectivity index is 2.95. The molecule has 18 heavy (non-hydrogen) atoms. The van der Waals surface area contributed by atoms with Crippen LogP contribution in [0.1, 0.15) is 38.2 Å². The van der Waals surface area contributed by atoms with Gasteiger partial charge >= 0.3 is 0 Å². The first-order valence-electron chi connectivity index (χ1n) is 6.21. The predicted molar refractivity (Wildman–Crippen MR) is 70.4 cm³/mol. The summed E-state index contributed by atoms with van der Waals surface area (Å²) in [5.41, 5.74) is 0.713. The van der Waals surface area contributed by atoms with Crippen molar-refractivity contribution in [2.45, 2.75) is 32.6 Å². The Labute approximate surface area is 108 Å². The van der Waals surface area contributed by atoms with Crippen LogP contribution in [-0.2, 0) is 4.79 Å². The molecule has 3 heteroatoms. The molecule has 0 aromatic heterocycles. The average molecular weight is 245 g/mol. The van der Waals surface area contributed by atoms with Gasteiger partial charge in [0.15, 0.2) is 5.78 Å². The number of ether oxygens (including phenoxy) is 1. The first-order valence-corrected chi connectivity index (χ1v) is 6.21. The van der Waals surface area contributed by atoms with E-state index >= 15 is 0 Å². The van der Waals surface area contributed by atoms with Gasteiger partial charge in [0.1, 0.15) is 11.7 Å². The largest absolute Gasteiger partial charge is 0.497 e. The van der Waals surface area contributed by atoms with Gasteiger partial charge in [-0.3, -0.25) is 4.79 Å². The van der Waals surface area contributed by atoms with Gasteiger partial charge in [0.2, 0.25) is 0 Å². The molecule has 0 saturated carbocycles. The first-order chi connectivity index (χ1) is 8.63. The second kappa shape index (κ2) is 6.80. The van der Waals surface area contributed by atoms with Gasteiger partial charge in [0.05, 0.1) is 13.2 Å². The molecule has 0 spiro atoms. The smallest absolute Gasteiger partial charge is 0.157 e. The van der Waals surface area contributed by atoms with Gasteiger partial charge in [0, 0.05) is 5.92 Å². The van der Waals surface area contributed by atoms with E-state index in [4.69, 9.17) is 4.74 Å². The van der Waals surface area contributed by atoms with Crippen molar-refractivity contribution >= 4 is 5.78 Å². The third-order valence-corrected chi connectivity index (χ3v) is 3.05. The fourth-order valence-electron chi connectivity index (χ4n) is 1.98. The van der Waals surface area contributed by atoms with E-state index in [0.717, 1.165) is 12.8 Å². The number of carbonyl (C=O) groups is 1. The van der Waals surface area contributed by atoms with E-state index in [2.05, 4.69) is 6.07 Å². The molecule has 1 aromatic rings. The van der Waals surface area contributed by atoms with Crippen molar-refractivity contribution < 1.29 is 9.53 Å². The van der Waals surface area contributed by atoms with E-state index in [1.165, 1.54) is 0 Å². The number of nitrogens with zero attached hydrogens (tertiary/aromatic N) is 1. The van der Waals surface area contributed by atoms with Crippen LogP contribution in [0, 0.1) is 17.2 Å². The molecule has 2 atom stereocenters. The van der Waals surface area contributed by atoms with Gasteiger partial charge in [-0.05, 0) is 24.1 Å². The van der Waals surface area contributed by atoms with Crippen molar-refractivity contribution in [1.82, 2.24) is 0 Å². The highest BCUT2D eigenvalue weighted by Crippen LogP contribution is 2.25. The van der Waals surface area contributed by atoms with Gasteiger partial charge < -0.3 is 4.74 Å². The van der Waals surface area contributed by atoms with Gasteiger partial charge in [-0.25, -0.2) is 0 Å². The standard InChI is InChI=1S/C15H19NO2/c1-4-6-11(2)15(17)14(10-16)12-7-5-8-13(9-12)18-3/h5,7-9,11,14H,4,6H2,1-3H3. The Bertz CT molecular complexity index is 448. The molecule has 3 nitrogen and oxygen atoms in total. The van der Waals surface area contributed by atoms with Crippen LogP contribution in [0.3, 0.4) is 0 Å². The molecule has 0 aliphatic rings. The number of carbonyl (C=O) groups excluding carboxylic acids is 1. The lowest BCUT2D eigenvalue weighted by Crippen LogP contribution is -2.19. The number of benzene rings is 1. The quantitative estimate of drug-likeness (QED) is 0.772. The van der Waals surface area contributed by atoms with Gasteiger partial charge in [-0.1, -0.05) is 32.4 Å². The summed E-state index contributed by atoms with van der Waals surface area (Å²) in [6.45, 7) is 3.92. The van der Waals surface area contributed by atoms with E-state index in [9.17, 15) is 10.1 Å². The number of Topliss-reactive ketones (excluding diaryl/α,β-unsaturated/α-hetero) is 1. The second-order valence-corrected chi connectivity index (χ2v) is 4.43. The van der Waals surface area contributed by atoms with Crippen molar-refractivity contribution in [1.29, 1.82) is 5.26 Å². The molecule has 0 amide bonds. The van der Waals surface area contributed by atoms with Crippen molar-refractivity contribution in [2.75, 3.05) is 7.11 Å². The molecule has 0 saturated heterocycles. The highest BCUT2D eigenvalue weighted by atomic mass is 16.5. The molecule has 0 aliphatic carbocycles. The lowest BCUT2D eigenvalue weighted by Gasteiger charge is -2.14. The summed E-state index contributed by atoms with van der Waals surface area (Å²) in [6.07, 6.45) is 1.77. The van der Waals surface area contributed by atoms with Crippen LogP contribution in [0.5, 0.6) is 5.75 Å². The Morgan fingerprint density at radius 3 is 2.78 bits per heavy atom. The minimum atomic E-state index is -0.693. The molecule has 0 N–H and O–H groups in total. The summed E-state index contributed by atoms with van der Waals surface area (Å²) >= 11 is 0. The Hall–Kier alpha value is -1.82. The number of nitriles is 1. The van der Waals surface area contributed by atoms with Crippen molar-refractivity contribution in [3.05, 3.63) is 29.8 Å². The maximum atomic E-state index is 12.2. The third-order valence-electron chi connectivity index (χ3n) is 3.05. The molecule has 1 rings (SSSR count). The number of hydrogen-bond acceptors (Lipinski definition) is 3. The summed E-state index contributed by atoms with van der Waals surface area (Å²) in [4.78, 5) is 12.2. The van der Waals surface area contributed by atoms with E-state index in [0.29, 0.717) is 11.3 Å². The number of rotatable bonds is 6.